The van der Waals surface area contributed by atoms with E-state index in [9.17, 15) is 23.7 Å². The van der Waals surface area contributed by atoms with Gasteiger partial charge in [0.2, 0.25) is 0 Å². The molecule has 25 heavy (non-hydrogen) atoms. The molecule has 0 saturated carbocycles. The zero-order chi connectivity index (χ0) is 18.8. The molecular formula is C13H24O11S. The number of aliphatic hydroxyl groups excluding tert-OH is 3. The van der Waals surface area contributed by atoms with Crippen LogP contribution in [-0.4, -0.2) is 91.7 Å². The van der Waals surface area contributed by atoms with Crippen LogP contribution in [-0.2, 0) is 33.5 Å². The fourth-order valence-electron chi connectivity index (χ4n) is 2.81. The molecule has 0 bridgehead atoms. The van der Waals surface area contributed by atoms with Gasteiger partial charge in [-0.25, -0.2) is 4.18 Å². The average Bonchev–Trinajstić information content (AvgIpc) is 2.55. The van der Waals surface area contributed by atoms with Crippen LogP contribution in [0.25, 0.3) is 0 Å². The van der Waals surface area contributed by atoms with Crippen molar-refractivity contribution in [3.63, 3.8) is 0 Å². The normalized spacial score (nSPS) is 43.1. The Kier molecular flexibility index (Phi) is 7.12. The summed E-state index contributed by atoms with van der Waals surface area (Å²) in [6, 6.07) is 0. The largest absolute Gasteiger partial charge is 0.397 e. The van der Waals surface area contributed by atoms with Gasteiger partial charge >= 0.3 is 10.4 Å². The van der Waals surface area contributed by atoms with Crippen molar-refractivity contribution in [2.24, 2.45) is 5.92 Å². The highest BCUT2D eigenvalue weighted by Crippen LogP contribution is 2.31. The van der Waals surface area contributed by atoms with Crippen LogP contribution >= 0.6 is 0 Å². The second-order valence-corrected chi connectivity index (χ2v) is 7.19. The molecule has 11 nitrogen and oxygen atoms in total. The summed E-state index contributed by atoms with van der Waals surface area (Å²) in [5.41, 5.74) is 0. The van der Waals surface area contributed by atoms with Crippen molar-refractivity contribution in [2.45, 2.75) is 56.4 Å². The molecule has 2 saturated heterocycles. The molecule has 3 unspecified atom stereocenters. The molecule has 0 radical (unpaired) electrons. The standard InChI is InChI=1S/C13H24O11S/c1-6-9(24-13-11(16)10(15)8(14)5-21-13)3-7(23-12(6)20-2)4-22-25(17,18)19/h6-16H,3-5H2,1-2H3,(H,17,18,19)/t6?,7?,8-,9+,10+,11?,12+,13+/m1/s1. The molecular weight excluding hydrogens is 364 g/mol. The van der Waals surface area contributed by atoms with Crippen LogP contribution in [0.15, 0.2) is 0 Å². The van der Waals surface area contributed by atoms with Crippen LogP contribution in [0.4, 0.5) is 0 Å². The minimum absolute atomic E-state index is 0.168. The predicted octanol–water partition coefficient (Wildman–Crippen LogP) is -1.97. The molecule has 2 aliphatic heterocycles. The molecule has 8 atom stereocenters. The number of ether oxygens (including phenoxy) is 4. The van der Waals surface area contributed by atoms with Gasteiger partial charge in [-0.05, 0) is 0 Å². The number of methoxy groups -OCH3 is 1. The maximum absolute atomic E-state index is 10.7. The van der Waals surface area contributed by atoms with Crippen LogP contribution in [0.1, 0.15) is 13.3 Å². The number of hydrogen-bond acceptors (Lipinski definition) is 10. The topological polar surface area (TPSA) is 161 Å². The third-order valence-electron chi connectivity index (χ3n) is 4.24. The highest BCUT2D eigenvalue weighted by molar-refractivity contribution is 7.80. The summed E-state index contributed by atoms with van der Waals surface area (Å²) in [5, 5.41) is 29.1. The van der Waals surface area contributed by atoms with Crippen molar-refractivity contribution >= 4 is 10.4 Å². The fourth-order valence-corrected chi connectivity index (χ4v) is 3.13. The van der Waals surface area contributed by atoms with Gasteiger partial charge in [0, 0.05) is 19.4 Å². The first-order chi connectivity index (χ1) is 11.6. The van der Waals surface area contributed by atoms with E-state index in [1.807, 2.05) is 0 Å². The van der Waals surface area contributed by atoms with E-state index in [4.69, 9.17) is 23.5 Å². The summed E-state index contributed by atoms with van der Waals surface area (Å²) in [7, 11) is -3.22. The van der Waals surface area contributed by atoms with E-state index in [2.05, 4.69) is 4.18 Å². The minimum atomic E-state index is -4.62. The molecule has 148 valence electrons. The SMILES string of the molecule is CO[C@H]1OC(COS(=O)(=O)O)C[C@H](O[C@@H]2OC[C@@H](O)[C@H](O)C2O)C1C. The molecule has 0 aromatic carbocycles. The Morgan fingerprint density at radius 1 is 1.16 bits per heavy atom. The van der Waals surface area contributed by atoms with Gasteiger partial charge in [-0.15, -0.1) is 0 Å². The van der Waals surface area contributed by atoms with E-state index in [1.54, 1.807) is 6.92 Å². The number of rotatable bonds is 6. The molecule has 0 amide bonds. The molecule has 0 aliphatic carbocycles. The monoisotopic (exact) mass is 388 g/mol. The predicted molar refractivity (Wildman–Crippen MR) is 79.6 cm³/mol. The van der Waals surface area contributed by atoms with Crippen LogP contribution < -0.4 is 0 Å². The van der Waals surface area contributed by atoms with Gasteiger partial charge < -0.3 is 34.3 Å². The van der Waals surface area contributed by atoms with Crippen molar-refractivity contribution < 1.29 is 51.4 Å². The Morgan fingerprint density at radius 2 is 1.84 bits per heavy atom. The Morgan fingerprint density at radius 3 is 2.44 bits per heavy atom. The molecule has 2 rings (SSSR count). The quantitative estimate of drug-likeness (QED) is 0.373. The van der Waals surface area contributed by atoms with Crippen LogP contribution in [0.3, 0.4) is 0 Å². The highest BCUT2D eigenvalue weighted by Gasteiger charge is 2.43. The smallest absolute Gasteiger partial charge is 0.388 e. The molecule has 0 aromatic rings. The van der Waals surface area contributed by atoms with Crippen molar-refractivity contribution in [3.05, 3.63) is 0 Å². The van der Waals surface area contributed by atoms with Crippen LogP contribution in [0, 0.1) is 5.92 Å². The lowest BCUT2D eigenvalue weighted by Gasteiger charge is -2.42. The summed E-state index contributed by atoms with van der Waals surface area (Å²) in [4.78, 5) is 0. The van der Waals surface area contributed by atoms with Crippen molar-refractivity contribution in [1.29, 1.82) is 0 Å². The molecule has 12 heteroatoms. The van der Waals surface area contributed by atoms with Crippen LogP contribution in [0.2, 0.25) is 0 Å². The van der Waals surface area contributed by atoms with Gasteiger partial charge in [0.1, 0.15) is 18.3 Å². The lowest BCUT2D eigenvalue weighted by Crippen LogP contribution is -2.56. The number of aliphatic hydroxyl groups is 3. The summed E-state index contributed by atoms with van der Waals surface area (Å²) < 4.78 is 56.0. The molecule has 2 heterocycles. The van der Waals surface area contributed by atoms with Gasteiger partial charge in [-0.3, -0.25) is 4.55 Å². The maximum atomic E-state index is 10.7. The summed E-state index contributed by atoms with van der Waals surface area (Å²) in [5.74, 6) is -0.313. The van der Waals surface area contributed by atoms with E-state index in [-0.39, 0.29) is 18.9 Å². The Bertz CT molecular complexity index is 526. The van der Waals surface area contributed by atoms with Gasteiger partial charge in [0.05, 0.1) is 25.4 Å². The zero-order valence-corrected chi connectivity index (χ0v) is 14.6. The van der Waals surface area contributed by atoms with E-state index < -0.39 is 60.1 Å². The third kappa shape index (κ3) is 5.53. The summed E-state index contributed by atoms with van der Waals surface area (Å²) >= 11 is 0. The molecule has 0 aromatic heterocycles. The molecule has 0 spiro atoms. The van der Waals surface area contributed by atoms with Crippen molar-refractivity contribution in [1.82, 2.24) is 0 Å². The lowest BCUT2D eigenvalue weighted by molar-refractivity contribution is -0.314. The lowest BCUT2D eigenvalue weighted by atomic mass is 9.94. The second-order valence-electron chi connectivity index (χ2n) is 6.09. The Balaban J connectivity index is 2.01. The van der Waals surface area contributed by atoms with Crippen molar-refractivity contribution in [2.75, 3.05) is 20.3 Å². The van der Waals surface area contributed by atoms with Gasteiger partial charge in [-0.2, -0.15) is 8.42 Å². The molecule has 2 fully saturated rings. The first-order valence-electron chi connectivity index (χ1n) is 7.73. The fraction of sp³-hybridized carbons (Fsp3) is 1.00. The summed E-state index contributed by atoms with van der Waals surface area (Å²) in [6.07, 6.45) is -7.18. The van der Waals surface area contributed by atoms with E-state index in [1.165, 1.54) is 7.11 Å². The van der Waals surface area contributed by atoms with Crippen LogP contribution in [0.5, 0.6) is 0 Å². The summed E-state index contributed by atoms with van der Waals surface area (Å²) in [6.45, 7) is 1.11. The van der Waals surface area contributed by atoms with E-state index in [0.717, 1.165) is 0 Å². The van der Waals surface area contributed by atoms with Gasteiger partial charge in [-0.1, -0.05) is 6.92 Å². The minimum Gasteiger partial charge on any atom is -0.388 e. The van der Waals surface area contributed by atoms with E-state index in [0.29, 0.717) is 0 Å². The van der Waals surface area contributed by atoms with Gasteiger partial charge in [0.15, 0.2) is 12.6 Å². The van der Waals surface area contributed by atoms with Crippen molar-refractivity contribution in [3.8, 4) is 0 Å². The first-order valence-corrected chi connectivity index (χ1v) is 9.10. The zero-order valence-electron chi connectivity index (χ0n) is 13.8. The van der Waals surface area contributed by atoms with E-state index >= 15 is 0 Å². The highest BCUT2D eigenvalue weighted by atomic mass is 32.3. The number of hydrogen-bond donors (Lipinski definition) is 4. The molecule has 2 aliphatic rings. The first kappa shape index (κ1) is 20.9. The van der Waals surface area contributed by atoms with Gasteiger partial charge in [0.25, 0.3) is 0 Å². The average molecular weight is 388 g/mol. The molecule has 4 N–H and O–H groups in total. The maximum Gasteiger partial charge on any atom is 0.397 e. The Hall–Kier alpha value is -0.410. The second kappa shape index (κ2) is 8.52. The third-order valence-corrected chi connectivity index (χ3v) is 4.67. The Labute approximate surface area is 145 Å².